The number of aryl methyl sites for hydroxylation is 1. The Morgan fingerprint density at radius 3 is 1.89 bits per heavy atom. The van der Waals surface area contributed by atoms with E-state index in [9.17, 15) is 0 Å². The number of furan rings is 1. The maximum absolute atomic E-state index is 7.84. The van der Waals surface area contributed by atoms with Crippen molar-refractivity contribution in [2.75, 3.05) is 22.2 Å². The van der Waals surface area contributed by atoms with Gasteiger partial charge in [-0.25, -0.2) is 0 Å². The van der Waals surface area contributed by atoms with Gasteiger partial charge in [-0.15, -0.1) is 0 Å². The van der Waals surface area contributed by atoms with Crippen LogP contribution >= 0.6 is 0 Å². The first-order chi connectivity index (χ1) is 32.9. The molecule has 0 bridgehead atoms. The van der Waals surface area contributed by atoms with Gasteiger partial charge in [-0.05, 0) is 182 Å². The number of allylic oxidation sites excluding steroid dienone is 1. The molecule has 4 aromatic carbocycles. The molecule has 3 heterocycles. The first-order valence-corrected chi connectivity index (χ1v) is 27.7. The van der Waals surface area contributed by atoms with E-state index in [2.05, 4.69) is 220 Å². The van der Waals surface area contributed by atoms with Crippen molar-refractivity contribution in [3.05, 3.63) is 111 Å². The van der Waals surface area contributed by atoms with Gasteiger partial charge in [0.15, 0.2) is 0 Å². The quantitative estimate of drug-likeness (QED) is 0.161. The highest BCUT2D eigenvalue weighted by Crippen LogP contribution is 2.64. The molecule has 71 heavy (non-hydrogen) atoms. The fourth-order valence-electron chi connectivity index (χ4n) is 14.1. The summed E-state index contributed by atoms with van der Waals surface area (Å²) in [6, 6.07) is 25.1. The summed E-state index contributed by atoms with van der Waals surface area (Å²) in [6.45, 7) is 46.3. The van der Waals surface area contributed by atoms with Gasteiger partial charge in [-0.1, -0.05) is 161 Å². The standard InChI is InChI=1S/C66H88BN3O/c1-21-22-27-61(9,10)47-35-43(24-25-49(47)68-20)69-52-33-42(60(6,7)8)34-53-56(52)67(58-57(69)44-39-66(19)55(38-54(44)71-58)64(15,16)30-31-65(66,17)18)48-36-45-46(63(13,14)29-28-62(45,11)12)37-51(48)70(53)50-26-23-41(32-40(50)2)59(3,4)5/h23-26,32-38,68H,21-22,27-31,39H2,1-20H3. The Labute approximate surface area is 430 Å². The van der Waals surface area contributed by atoms with E-state index in [4.69, 9.17) is 4.42 Å². The average Bonchev–Trinajstić information content (AvgIpc) is 3.64. The van der Waals surface area contributed by atoms with Crippen molar-refractivity contribution in [3.63, 3.8) is 0 Å². The van der Waals surface area contributed by atoms with Crippen LogP contribution < -0.4 is 31.7 Å². The van der Waals surface area contributed by atoms with Crippen LogP contribution in [0.4, 0.5) is 39.8 Å². The van der Waals surface area contributed by atoms with E-state index in [1.54, 1.807) is 5.57 Å². The van der Waals surface area contributed by atoms with Crippen molar-refractivity contribution in [2.45, 2.75) is 210 Å². The number of benzene rings is 4. The molecule has 0 spiro atoms. The number of nitrogens with zero attached hydrogens (tertiary/aromatic N) is 2. The number of rotatable bonds is 7. The van der Waals surface area contributed by atoms with E-state index >= 15 is 0 Å². The van der Waals surface area contributed by atoms with Crippen LogP contribution in [-0.4, -0.2) is 13.8 Å². The fraction of sp³-hybridized carbons (Fsp3) is 0.545. The lowest BCUT2D eigenvalue weighted by Gasteiger charge is -2.57. The monoisotopic (exact) mass is 950 g/mol. The van der Waals surface area contributed by atoms with Gasteiger partial charge < -0.3 is 19.5 Å². The third-order valence-electron chi connectivity index (χ3n) is 19.6. The molecule has 1 aromatic heterocycles. The Kier molecular flexibility index (Phi) is 11.2. The summed E-state index contributed by atoms with van der Waals surface area (Å²) in [5.74, 6) is 1.07. The van der Waals surface area contributed by atoms with Gasteiger partial charge in [0.1, 0.15) is 5.76 Å². The number of hydrogen-bond donors (Lipinski definition) is 1. The zero-order valence-electron chi connectivity index (χ0n) is 47.9. The Bertz CT molecular complexity index is 3030. The van der Waals surface area contributed by atoms with Gasteiger partial charge in [-0.2, -0.15) is 0 Å². The molecule has 1 unspecified atom stereocenters. The normalized spacial score (nSPS) is 21.4. The highest BCUT2D eigenvalue weighted by molar-refractivity contribution is 6.99. The molecule has 5 aliphatic rings. The molecule has 0 saturated heterocycles. The van der Waals surface area contributed by atoms with Crippen molar-refractivity contribution >= 4 is 69.2 Å². The first-order valence-electron chi connectivity index (χ1n) is 27.7. The molecule has 10 rings (SSSR count). The molecule has 1 atom stereocenters. The molecule has 2 aliphatic heterocycles. The lowest BCUT2D eigenvalue weighted by molar-refractivity contribution is 0.0396. The minimum atomic E-state index is -0.131. The van der Waals surface area contributed by atoms with Gasteiger partial charge in [0, 0.05) is 46.7 Å². The van der Waals surface area contributed by atoms with Crippen LogP contribution in [0.2, 0.25) is 0 Å². The molecule has 3 aliphatic carbocycles. The highest BCUT2D eigenvalue weighted by atomic mass is 16.3. The molecule has 1 N–H and O–H groups in total. The third kappa shape index (κ3) is 7.56. The molecule has 5 heteroatoms. The lowest BCUT2D eigenvalue weighted by atomic mass is 9.35. The topological polar surface area (TPSA) is 31.6 Å². The lowest BCUT2D eigenvalue weighted by Crippen LogP contribution is -2.61. The Hall–Kier alpha value is -4.64. The van der Waals surface area contributed by atoms with Gasteiger partial charge in [0.25, 0.3) is 6.71 Å². The van der Waals surface area contributed by atoms with Crippen molar-refractivity contribution in [2.24, 2.45) is 16.2 Å². The van der Waals surface area contributed by atoms with E-state index in [0.29, 0.717) is 0 Å². The maximum Gasteiger partial charge on any atom is 0.297 e. The van der Waals surface area contributed by atoms with E-state index in [-0.39, 0.29) is 50.0 Å². The molecule has 376 valence electrons. The Morgan fingerprint density at radius 2 is 1.28 bits per heavy atom. The van der Waals surface area contributed by atoms with Crippen molar-refractivity contribution in [3.8, 4) is 0 Å². The first kappa shape index (κ1) is 49.9. The summed E-state index contributed by atoms with van der Waals surface area (Å²) in [6.07, 6.45) is 11.7. The number of nitrogens with one attached hydrogen (secondary N) is 1. The van der Waals surface area contributed by atoms with Gasteiger partial charge in [0.05, 0.1) is 11.3 Å². The van der Waals surface area contributed by atoms with E-state index in [1.807, 2.05) is 0 Å². The van der Waals surface area contributed by atoms with Crippen LogP contribution in [0.25, 0.3) is 6.08 Å². The predicted octanol–water partition coefficient (Wildman–Crippen LogP) is 16.9. The number of unbranched alkanes of at least 4 members (excludes halogenated alkanes) is 1. The van der Waals surface area contributed by atoms with Crippen LogP contribution in [0, 0.1) is 23.2 Å². The summed E-state index contributed by atoms with van der Waals surface area (Å²) in [7, 11) is 2.09. The molecule has 5 aromatic rings. The van der Waals surface area contributed by atoms with Gasteiger partial charge >= 0.3 is 0 Å². The SMILES string of the molecule is CCCCC(C)(C)c1cc(N2c3cc(C(C)(C)C)cc4c3B(c3cc5c(cc3N4c3ccc(C(C)(C)C)cc3C)C(C)(C)CCC5(C)C)c3oc4c(c32)CC2(C)C(=C4)C(C)(C)CCC2(C)C)ccc1NC. The second kappa shape index (κ2) is 15.9. The van der Waals surface area contributed by atoms with Crippen molar-refractivity contribution in [1.82, 2.24) is 0 Å². The minimum Gasteiger partial charge on any atom is -0.468 e. The fourth-order valence-corrected chi connectivity index (χ4v) is 14.1. The summed E-state index contributed by atoms with van der Waals surface area (Å²) in [5.41, 5.74) is 23.9. The second-order valence-electron chi connectivity index (χ2n) is 28.7. The predicted molar refractivity (Wildman–Crippen MR) is 309 cm³/mol. The second-order valence-corrected chi connectivity index (χ2v) is 28.7. The molecular formula is C66H88BN3O. The van der Waals surface area contributed by atoms with Gasteiger partial charge in [0.2, 0.25) is 0 Å². The van der Waals surface area contributed by atoms with Crippen molar-refractivity contribution < 1.29 is 4.42 Å². The van der Waals surface area contributed by atoms with E-state index in [1.165, 1.54) is 115 Å². The zero-order chi connectivity index (χ0) is 51.6. The van der Waals surface area contributed by atoms with Gasteiger partial charge in [-0.3, -0.25) is 0 Å². The summed E-state index contributed by atoms with van der Waals surface area (Å²) in [5, 5.41) is 3.65. The van der Waals surface area contributed by atoms with E-state index in [0.717, 1.165) is 37.1 Å². The molecule has 1 saturated carbocycles. The molecule has 1 fully saturated rings. The molecule has 4 nitrogen and oxygen atoms in total. The largest absolute Gasteiger partial charge is 0.468 e. The van der Waals surface area contributed by atoms with Crippen LogP contribution in [0.15, 0.2) is 70.7 Å². The number of hydrogen-bond acceptors (Lipinski definition) is 4. The minimum absolute atomic E-state index is 0.0298. The Morgan fingerprint density at radius 1 is 0.662 bits per heavy atom. The summed E-state index contributed by atoms with van der Waals surface area (Å²) >= 11 is 0. The van der Waals surface area contributed by atoms with Crippen LogP contribution in [0.1, 0.15) is 214 Å². The van der Waals surface area contributed by atoms with Crippen LogP contribution in [0.5, 0.6) is 0 Å². The molecule has 0 amide bonds. The maximum atomic E-state index is 7.84. The smallest absolute Gasteiger partial charge is 0.297 e. The Balaban J connectivity index is 1.37. The zero-order valence-corrected chi connectivity index (χ0v) is 47.9. The number of anilines is 7. The summed E-state index contributed by atoms with van der Waals surface area (Å²) in [4.78, 5) is 5.39. The van der Waals surface area contributed by atoms with Crippen LogP contribution in [0.3, 0.4) is 0 Å². The average molecular weight is 950 g/mol. The third-order valence-corrected chi connectivity index (χ3v) is 19.6. The number of fused-ring (bicyclic) bond motifs is 8. The highest BCUT2D eigenvalue weighted by Gasteiger charge is 2.57. The van der Waals surface area contributed by atoms with Crippen molar-refractivity contribution in [1.29, 1.82) is 0 Å². The van der Waals surface area contributed by atoms with Crippen LogP contribution in [-0.2, 0) is 33.5 Å². The molecular weight excluding hydrogens is 862 g/mol. The molecule has 0 radical (unpaired) electrons. The summed E-state index contributed by atoms with van der Waals surface area (Å²) < 4.78 is 7.84. The van der Waals surface area contributed by atoms with E-state index < -0.39 is 0 Å².